The average molecular weight is 392 g/mol. The van der Waals surface area contributed by atoms with Crippen LogP contribution in [0.5, 0.6) is 5.75 Å². The molecule has 6 heteroatoms. The lowest BCUT2D eigenvalue weighted by Crippen LogP contribution is -2.49. The van der Waals surface area contributed by atoms with E-state index in [9.17, 15) is 9.59 Å². The average Bonchev–Trinajstić information content (AvgIpc) is 3.38. The summed E-state index contributed by atoms with van der Waals surface area (Å²) >= 11 is 0. The molecule has 2 aromatic rings. The maximum Gasteiger partial charge on any atom is 0.227 e. The summed E-state index contributed by atoms with van der Waals surface area (Å²) in [6.07, 6.45) is 1.28. The van der Waals surface area contributed by atoms with Gasteiger partial charge >= 0.3 is 0 Å². The SMILES string of the molecule is O=C(CCOc1ccccc1)N1CC[C@@]23OC[C@@H](c4ccccc4)N2C(=O)C[C@@H]13. The number of rotatable bonds is 5. The van der Waals surface area contributed by atoms with Crippen LogP contribution in [-0.2, 0) is 14.3 Å². The Morgan fingerprint density at radius 2 is 1.83 bits per heavy atom. The number of amides is 2. The summed E-state index contributed by atoms with van der Waals surface area (Å²) in [7, 11) is 0. The summed E-state index contributed by atoms with van der Waals surface area (Å²) in [6.45, 7) is 1.41. The van der Waals surface area contributed by atoms with Gasteiger partial charge in [0, 0.05) is 13.0 Å². The molecule has 5 rings (SSSR count). The third kappa shape index (κ3) is 2.99. The fraction of sp³-hybridized carbons (Fsp3) is 0.391. The van der Waals surface area contributed by atoms with Gasteiger partial charge in [-0.25, -0.2) is 0 Å². The zero-order chi connectivity index (χ0) is 19.8. The number of carbonyl (C=O) groups excluding carboxylic acids is 2. The van der Waals surface area contributed by atoms with E-state index in [1.807, 2.05) is 70.5 Å². The fourth-order valence-corrected chi connectivity index (χ4v) is 4.98. The number of likely N-dealkylation sites (tertiary alicyclic amines) is 1. The quantitative estimate of drug-likeness (QED) is 0.785. The molecular formula is C23H24N2O4. The molecule has 0 bridgehead atoms. The predicted octanol–water partition coefficient (Wildman–Crippen LogP) is 2.76. The lowest BCUT2D eigenvalue weighted by molar-refractivity contribution is -0.141. The molecule has 6 nitrogen and oxygen atoms in total. The van der Waals surface area contributed by atoms with Crippen molar-refractivity contribution in [1.82, 2.24) is 9.80 Å². The Hall–Kier alpha value is -2.86. The molecule has 2 amide bonds. The van der Waals surface area contributed by atoms with Gasteiger partial charge in [0.2, 0.25) is 11.8 Å². The van der Waals surface area contributed by atoms with Crippen LogP contribution in [0.25, 0.3) is 0 Å². The first kappa shape index (κ1) is 18.2. The molecule has 0 N–H and O–H groups in total. The first-order chi connectivity index (χ1) is 14.2. The minimum Gasteiger partial charge on any atom is -0.493 e. The van der Waals surface area contributed by atoms with Crippen molar-refractivity contribution in [2.45, 2.75) is 37.1 Å². The zero-order valence-electron chi connectivity index (χ0n) is 16.2. The third-order valence-corrected chi connectivity index (χ3v) is 6.29. The normalized spacial score (nSPS) is 27.8. The zero-order valence-corrected chi connectivity index (χ0v) is 16.2. The topological polar surface area (TPSA) is 59.1 Å². The van der Waals surface area contributed by atoms with Crippen molar-refractivity contribution in [2.75, 3.05) is 19.8 Å². The van der Waals surface area contributed by atoms with Crippen molar-refractivity contribution in [1.29, 1.82) is 0 Å². The Labute approximate surface area is 170 Å². The van der Waals surface area contributed by atoms with E-state index in [4.69, 9.17) is 9.47 Å². The summed E-state index contributed by atoms with van der Waals surface area (Å²) in [5.74, 6) is 0.842. The van der Waals surface area contributed by atoms with Crippen LogP contribution in [0.1, 0.15) is 30.9 Å². The van der Waals surface area contributed by atoms with E-state index in [0.29, 0.717) is 32.6 Å². The smallest absolute Gasteiger partial charge is 0.227 e. The lowest BCUT2D eigenvalue weighted by atomic mass is 10.0. The highest BCUT2D eigenvalue weighted by molar-refractivity contribution is 5.85. The molecule has 0 aliphatic carbocycles. The first-order valence-corrected chi connectivity index (χ1v) is 10.2. The highest BCUT2D eigenvalue weighted by Crippen LogP contribution is 2.51. The van der Waals surface area contributed by atoms with Crippen LogP contribution in [0.2, 0.25) is 0 Å². The van der Waals surface area contributed by atoms with E-state index in [1.165, 1.54) is 0 Å². The highest BCUT2D eigenvalue weighted by atomic mass is 16.5. The van der Waals surface area contributed by atoms with Gasteiger partial charge in [0.15, 0.2) is 5.72 Å². The second-order valence-corrected chi connectivity index (χ2v) is 7.81. The minimum atomic E-state index is -0.673. The van der Waals surface area contributed by atoms with Crippen molar-refractivity contribution < 1.29 is 19.1 Å². The van der Waals surface area contributed by atoms with Crippen molar-refractivity contribution in [3.8, 4) is 5.75 Å². The number of nitrogens with zero attached hydrogens (tertiary/aromatic N) is 2. The summed E-state index contributed by atoms with van der Waals surface area (Å²) < 4.78 is 11.9. The van der Waals surface area contributed by atoms with E-state index < -0.39 is 5.72 Å². The second kappa shape index (κ2) is 7.19. The van der Waals surface area contributed by atoms with Gasteiger partial charge in [-0.15, -0.1) is 0 Å². The van der Waals surface area contributed by atoms with Crippen molar-refractivity contribution in [3.05, 3.63) is 66.2 Å². The Kier molecular flexibility index (Phi) is 4.51. The fourth-order valence-electron chi connectivity index (χ4n) is 4.98. The number of hydrogen-bond acceptors (Lipinski definition) is 4. The summed E-state index contributed by atoms with van der Waals surface area (Å²) in [4.78, 5) is 29.5. The standard InChI is InChI=1S/C23H24N2O4/c26-21(11-14-28-18-9-5-2-6-10-18)24-13-12-23-20(24)15-22(27)25(23)19(16-29-23)17-7-3-1-4-8-17/h1-10,19-20H,11-16H2/t19-,20+,23-/m0/s1. The van der Waals surface area contributed by atoms with Gasteiger partial charge in [0.25, 0.3) is 0 Å². The van der Waals surface area contributed by atoms with Crippen LogP contribution < -0.4 is 4.74 Å². The maximum atomic E-state index is 12.9. The Bertz CT molecular complexity index is 904. The van der Waals surface area contributed by atoms with E-state index in [-0.39, 0.29) is 30.3 Å². The van der Waals surface area contributed by atoms with Gasteiger partial charge < -0.3 is 19.3 Å². The molecule has 29 heavy (non-hydrogen) atoms. The minimum absolute atomic E-state index is 0.0178. The van der Waals surface area contributed by atoms with Gasteiger partial charge in [0.1, 0.15) is 5.75 Å². The van der Waals surface area contributed by atoms with Gasteiger partial charge in [-0.2, -0.15) is 0 Å². The van der Waals surface area contributed by atoms with Gasteiger partial charge in [-0.1, -0.05) is 48.5 Å². The van der Waals surface area contributed by atoms with Crippen LogP contribution in [0.4, 0.5) is 0 Å². The number of carbonyl (C=O) groups is 2. The van der Waals surface area contributed by atoms with Crippen LogP contribution in [0.3, 0.4) is 0 Å². The van der Waals surface area contributed by atoms with Gasteiger partial charge in [-0.3, -0.25) is 9.59 Å². The van der Waals surface area contributed by atoms with Crippen LogP contribution in [-0.4, -0.2) is 53.1 Å². The molecule has 0 unspecified atom stereocenters. The first-order valence-electron chi connectivity index (χ1n) is 10.2. The Balaban J connectivity index is 1.28. The van der Waals surface area contributed by atoms with Crippen molar-refractivity contribution in [2.24, 2.45) is 0 Å². The molecular weight excluding hydrogens is 368 g/mol. The monoisotopic (exact) mass is 392 g/mol. The number of para-hydroxylation sites is 1. The molecule has 3 saturated heterocycles. The summed E-state index contributed by atoms with van der Waals surface area (Å²) in [6, 6.07) is 19.2. The van der Waals surface area contributed by atoms with Gasteiger partial charge in [0.05, 0.1) is 38.1 Å². The van der Waals surface area contributed by atoms with Crippen molar-refractivity contribution >= 4 is 11.8 Å². The number of ether oxygens (including phenoxy) is 2. The molecule has 2 aromatic carbocycles. The Morgan fingerprint density at radius 3 is 2.59 bits per heavy atom. The van der Waals surface area contributed by atoms with E-state index in [1.54, 1.807) is 0 Å². The second-order valence-electron chi connectivity index (χ2n) is 7.81. The van der Waals surface area contributed by atoms with E-state index in [2.05, 4.69) is 0 Å². The predicted molar refractivity (Wildman–Crippen MR) is 106 cm³/mol. The van der Waals surface area contributed by atoms with Crippen LogP contribution in [0.15, 0.2) is 60.7 Å². The molecule has 3 atom stereocenters. The highest BCUT2D eigenvalue weighted by Gasteiger charge is 2.65. The van der Waals surface area contributed by atoms with E-state index >= 15 is 0 Å². The number of hydrogen-bond donors (Lipinski definition) is 0. The molecule has 3 heterocycles. The summed E-state index contributed by atoms with van der Waals surface area (Å²) in [5.41, 5.74) is 0.410. The Morgan fingerprint density at radius 1 is 1.10 bits per heavy atom. The lowest BCUT2D eigenvalue weighted by Gasteiger charge is -2.33. The molecule has 0 radical (unpaired) electrons. The van der Waals surface area contributed by atoms with E-state index in [0.717, 1.165) is 11.3 Å². The van der Waals surface area contributed by atoms with Crippen LogP contribution >= 0.6 is 0 Å². The maximum absolute atomic E-state index is 12.9. The van der Waals surface area contributed by atoms with Crippen molar-refractivity contribution in [3.63, 3.8) is 0 Å². The third-order valence-electron chi connectivity index (χ3n) is 6.29. The number of benzene rings is 2. The van der Waals surface area contributed by atoms with Gasteiger partial charge in [-0.05, 0) is 17.7 Å². The molecule has 3 fully saturated rings. The molecule has 0 aromatic heterocycles. The molecule has 0 saturated carbocycles. The summed E-state index contributed by atoms with van der Waals surface area (Å²) in [5, 5.41) is 0. The largest absolute Gasteiger partial charge is 0.493 e. The molecule has 3 aliphatic heterocycles. The van der Waals surface area contributed by atoms with Crippen LogP contribution in [0, 0.1) is 0 Å². The molecule has 3 aliphatic rings. The molecule has 1 spiro atoms. The molecule has 150 valence electrons.